The maximum absolute atomic E-state index is 14.1. The Balaban J connectivity index is 2.16. The summed E-state index contributed by atoms with van der Waals surface area (Å²) in [5.41, 5.74) is 3.60. The summed E-state index contributed by atoms with van der Waals surface area (Å²) >= 11 is 0. The average Bonchev–Trinajstić information content (AvgIpc) is 2.55. The first-order valence-electron chi connectivity index (χ1n) is 7.74. The number of hydrogen-bond acceptors (Lipinski definition) is 3. The molecular formula is C19H18FN3. The maximum Gasteiger partial charge on any atom is 0.178 e. The second kappa shape index (κ2) is 6.65. The van der Waals surface area contributed by atoms with Gasteiger partial charge in [0.15, 0.2) is 5.82 Å². The van der Waals surface area contributed by atoms with Crippen LogP contribution in [0.5, 0.6) is 0 Å². The fourth-order valence-corrected chi connectivity index (χ4v) is 2.47. The van der Waals surface area contributed by atoms with Crippen LogP contribution in [0.1, 0.15) is 24.7 Å². The zero-order valence-electron chi connectivity index (χ0n) is 13.3. The van der Waals surface area contributed by atoms with Gasteiger partial charge in [0.2, 0.25) is 0 Å². The fraction of sp³-hybridized carbons (Fsp3) is 0.211. The van der Waals surface area contributed by atoms with E-state index in [0.717, 1.165) is 24.2 Å². The summed E-state index contributed by atoms with van der Waals surface area (Å²) < 4.78 is 14.1. The predicted octanol–water partition coefficient (Wildman–Crippen LogP) is 4.61. The van der Waals surface area contributed by atoms with Gasteiger partial charge in [-0.3, -0.25) is 0 Å². The van der Waals surface area contributed by atoms with Crippen molar-refractivity contribution in [3.8, 4) is 22.8 Å². The lowest BCUT2D eigenvalue weighted by Crippen LogP contribution is -2.00. The quantitative estimate of drug-likeness (QED) is 0.706. The first kappa shape index (κ1) is 15.3. The van der Waals surface area contributed by atoms with Gasteiger partial charge in [0.1, 0.15) is 11.5 Å². The molecule has 2 heterocycles. The van der Waals surface area contributed by atoms with Crippen molar-refractivity contribution in [2.75, 3.05) is 0 Å². The number of pyridine rings is 1. The summed E-state index contributed by atoms with van der Waals surface area (Å²) in [5.74, 6) is 0.259. The normalized spacial score (nSPS) is 10.7. The Morgan fingerprint density at radius 3 is 2.48 bits per heavy atom. The van der Waals surface area contributed by atoms with E-state index in [1.54, 1.807) is 12.1 Å². The van der Waals surface area contributed by atoms with Crippen molar-refractivity contribution in [1.82, 2.24) is 15.0 Å². The van der Waals surface area contributed by atoms with Crippen molar-refractivity contribution in [3.05, 3.63) is 65.7 Å². The molecule has 0 fully saturated rings. The minimum Gasteiger partial charge on any atom is -0.250 e. The van der Waals surface area contributed by atoms with Gasteiger partial charge < -0.3 is 0 Å². The molecule has 0 aliphatic heterocycles. The van der Waals surface area contributed by atoms with Crippen LogP contribution in [0.4, 0.5) is 4.39 Å². The third-order valence-electron chi connectivity index (χ3n) is 3.55. The van der Waals surface area contributed by atoms with Crippen molar-refractivity contribution >= 4 is 0 Å². The first-order valence-corrected chi connectivity index (χ1v) is 7.74. The number of rotatable bonds is 4. The minimum atomic E-state index is -0.281. The van der Waals surface area contributed by atoms with E-state index >= 15 is 0 Å². The Morgan fingerprint density at radius 2 is 1.74 bits per heavy atom. The molecule has 0 unspecified atom stereocenters. The average molecular weight is 307 g/mol. The minimum absolute atomic E-state index is 0.281. The molecule has 0 aliphatic rings. The van der Waals surface area contributed by atoms with E-state index in [2.05, 4.69) is 21.9 Å². The van der Waals surface area contributed by atoms with Gasteiger partial charge in [-0.15, -0.1) is 0 Å². The Bertz CT molecular complexity index is 830. The number of nitrogens with zero attached hydrogens (tertiary/aromatic N) is 3. The molecule has 3 rings (SSSR count). The van der Waals surface area contributed by atoms with Gasteiger partial charge in [0.25, 0.3) is 0 Å². The third-order valence-corrected chi connectivity index (χ3v) is 3.55. The molecule has 1 aromatic carbocycles. The third kappa shape index (κ3) is 3.42. The predicted molar refractivity (Wildman–Crippen MR) is 89.4 cm³/mol. The Kier molecular flexibility index (Phi) is 4.42. The summed E-state index contributed by atoms with van der Waals surface area (Å²) in [6.07, 6.45) is 1.79. The van der Waals surface area contributed by atoms with Crippen LogP contribution < -0.4 is 0 Å². The van der Waals surface area contributed by atoms with E-state index in [4.69, 9.17) is 0 Å². The van der Waals surface area contributed by atoms with Crippen LogP contribution in [0.25, 0.3) is 22.8 Å². The van der Waals surface area contributed by atoms with Crippen molar-refractivity contribution in [1.29, 1.82) is 0 Å². The van der Waals surface area contributed by atoms with Gasteiger partial charge in [0.05, 0.1) is 5.69 Å². The summed E-state index contributed by atoms with van der Waals surface area (Å²) in [6, 6.07) is 14.3. The number of aryl methyl sites for hydroxylation is 2. The Labute approximate surface area is 135 Å². The first-order chi connectivity index (χ1) is 11.2. The molecule has 0 N–H and O–H groups in total. The topological polar surface area (TPSA) is 38.7 Å². The van der Waals surface area contributed by atoms with Crippen LogP contribution in [-0.4, -0.2) is 15.0 Å². The van der Waals surface area contributed by atoms with Gasteiger partial charge in [-0.05, 0) is 43.7 Å². The molecule has 0 saturated carbocycles. The zero-order valence-corrected chi connectivity index (χ0v) is 13.3. The lowest BCUT2D eigenvalue weighted by Gasteiger charge is -2.09. The highest BCUT2D eigenvalue weighted by Gasteiger charge is 2.12. The van der Waals surface area contributed by atoms with E-state index < -0.39 is 0 Å². The Morgan fingerprint density at radius 1 is 0.913 bits per heavy atom. The molecule has 0 atom stereocenters. The second-order valence-electron chi connectivity index (χ2n) is 5.46. The molecule has 3 aromatic rings. The molecule has 0 radical (unpaired) electrons. The van der Waals surface area contributed by atoms with Gasteiger partial charge >= 0.3 is 0 Å². The Hall–Kier alpha value is -2.62. The van der Waals surface area contributed by atoms with E-state index in [0.29, 0.717) is 22.8 Å². The van der Waals surface area contributed by atoms with Crippen molar-refractivity contribution in [3.63, 3.8) is 0 Å². The molecule has 4 heteroatoms. The molecule has 0 saturated heterocycles. The van der Waals surface area contributed by atoms with E-state index in [1.807, 2.05) is 37.3 Å². The highest BCUT2D eigenvalue weighted by molar-refractivity contribution is 5.63. The van der Waals surface area contributed by atoms with E-state index in [-0.39, 0.29) is 5.82 Å². The highest BCUT2D eigenvalue weighted by Crippen LogP contribution is 2.24. The maximum atomic E-state index is 14.1. The fourth-order valence-electron chi connectivity index (χ4n) is 2.47. The lowest BCUT2D eigenvalue weighted by atomic mass is 10.1. The SMILES string of the molecule is CCCc1cc(-c2ccccc2F)nc(-c2cccc(C)n2)n1. The van der Waals surface area contributed by atoms with Crippen molar-refractivity contribution in [2.45, 2.75) is 26.7 Å². The van der Waals surface area contributed by atoms with Crippen LogP contribution in [0, 0.1) is 12.7 Å². The molecule has 23 heavy (non-hydrogen) atoms. The number of aromatic nitrogens is 3. The van der Waals surface area contributed by atoms with Crippen LogP contribution >= 0.6 is 0 Å². The summed E-state index contributed by atoms with van der Waals surface area (Å²) in [5, 5.41) is 0. The van der Waals surface area contributed by atoms with Crippen LogP contribution in [0.3, 0.4) is 0 Å². The summed E-state index contributed by atoms with van der Waals surface area (Å²) in [7, 11) is 0. The highest BCUT2D eigenvalue weighted by atomic mass is 19.1. The standard InChI is InChI=1S/C19H18FN3/c1-3-7-14-12-18(15-9-4-5-10-16(15)20)23-19(22-14)17-11-6-8-13(2)21-17/h4-6,8-12H,3,7H2,1-2H3. The molecule has 0 spiro atoms. The van der Waals surface area contributed by atoms with Gasteiger partial charge in [-0.2, -0.15) is 0 Å². The number of benzene rings is 1. The van der Waals surface area contributed by atoms with E-state index in [9.17, 15) is 4.39 Å². The molecule has 0 bridgehead atoms. The summed E-state index contributed by atoms with van der Waals surface area (Å²) in [6.45, 7) is 4.02. The monoisotopic (exact) mass is 307 g/mol. The van der Waals surface area contributed by atoms with Gasteiger partial charge in [0, 0.05) is 17.0 Å². The molecular weight excluding hydrogens is 289 g/mol. The van der Waals surface area contributed by atoms with E-state index in [1.165, 1.54) is 6.07 Å². The molecule has 2 aromatic heterocycles. The zero-order chi connectivity index (χ0) is 16.2. The molecule has 3 nitrogen and oxygen atoms in total. The van der Waals surface area contributed by atoms with Crippen LogP contribution in [0.15, 0.2) is 48.5 Å². The largest absolute Gasteiger partial charge is 0.250 e. The van der Waals surface area contributed by atoms with Crippen molar-refractivity contribution in [2.24, 2.45) is 0 Å². The molecule has 0 aliphatic carbocycles. The lowest BCUT2D eigenvalue weighted by molar-refractivity contribution is 0.630. The second-order valence-corrected chi connectivity index (χ2v) is 5.46. The van der Waals surface area contributed by atoms with Crippen LogP contribution in [0.2, 0.25) is 0 Å². The molecule has 0 amide bonds. The summed E-state index contributed by atoms with van der Waals surface area (Å²) in [4.78, 5) is 13.6. The number of hydrogen-bond donors (Lipinski definition) is 0. The van der Waals surface area contributed by atoms with Crippen molar-refractivity contribution < 1.29 is 4.39 Å². The number of halogens is 1. The van der Waals surface area contributed by atoms with Gasteiger partial charge in [-0.25, -0.2) is 19.3 Å². The van der Waals surface area contributed by atoms with Crippen LogP contribution in [-0.2, 0) is 6.42 Å². The smallest absolute Gasteiger partial charge is 0.178 e. The molecule has 116 valence electrons. The van der Waals surface area contributed by atoms with Gasteiger partial charge in [-0.1, -0.05) is 31.5 Å².